The van der Waals surface area contributed by atoms with Crippen LogP contribution in [0.25, 0.3) is 0 Å². The fraction of sp³-hybridized carbons (Fsp3) is 0.400. The van der Waals surface area contributed by atoms with Crippen molar-refractivity contribution >= 4 is 28.6 Å². The molecule has 0 aliphatic carbocycles. The van der Waals surface area contributed by atoms with Crippen LogP contribution in [0, 0.1) is 3.70 Å². The molecule has 0 saturated heterocycles. The fourth-order valence-electron chi connectivity index (χ4n) is 1.25. The Morgan fingerprint density at radius 2 is 2.05 bits per heavy atom. The number of hydrogen-bond donors (Lipinski definition) is 0. The van der Waals surface area contributed by atoms with Crippen LogP contribution in [0.2, 0.25) is 0 Å². The molecular weight excluding hydrogens is 382 g/mol. The summed E-state index contributed by atoms with van der Waals surface area (Å²) in [6.45, 7) is 0. The van der Waals surface area contributed by atoms with E-state index in [-0.39, 0.29) is 17.9 Å². The van der Waals surface area contributed by atoms with E-state index in [0.717, 1.165) is 14.2 Å². The zero-order valence-corrected chi connectivity index (χ0v) is 12.0. The molecule has 0 aliphatic rings. The van der Waals surface area contributed by atoms with Crippen LogP contribution >= 0.6 is 22.6 Å². The van der Waals surface area contributed by atoms with Crippen LogP contribution in [0.3, 0.4) is 0 Å². The van der Waals surface area contributed by atoms with E-state index < -0.39 is 18.1 Å². The van der Waals surface area contributed by atoms with Gasteiger partial charge in [0.25, 0.3) is 5.88 Å². The summed E-state index contributed by atoms with van der Waals surface area (Å²) in [5.74, 6) is -1.68. The Labute approximate surface area is 120 Å². The SMILES string of the molecule is COC(=O)Cc1cc(I)nc(OC)c1OC(F)(F)F. The van der Waals surface area contributed by atoms with Gasteiger partial charge in [-0.05, 0) is 28.7 Å². The van der Waals surface area contributed by atoms with Gasteiger partial charge in [0, 0.05) is 5.56 Å². The molecule has 0 spiro atoms. The summed E-state index contributed by atoms with van der Waals surface area (Å²) in [6, 6.07) is 1.29. The van der Waals surface area contributed by atoms with Crippen LogP contribution in [0.5, 0.6) is 11.6 Å². The number of alkyl halides is 3. The van der Waals surface area contributed by atoms with Gasteiger partial charge in [-0.3, -0.25) is 4.79 Å². The molecule has 19 heavy (non-hydrogen) atoms. The molecule has 0 bridgehead atoms. The van der Waals surface area contributed by atoms with E-state index in [1.165, 1.54) is 6.07 Å². The third-order valence-electron chi connectivity index (χ3n) is 1.96. The maximum absolute atomic E-state index is 12.3. The highest BCUT2D eigenvalue weighted by Gasteiger charge is 2.34. The van der Waals surface area contributed by atoms with Crippen molar-refractivity contribution < 1.29 is 32.2 Å². The van der Waals surface area contributed by atoms with E-state index >= 15 is 0 Å². The number of nitrogens with zero attached hydrogens (tertiary/aromatic N) is 1. The maximum Gasteiger partial charge on any atom is 0.573 e. The van der Waals surface area contributed by atoms with E-state index in [4.69, 9.17) is 4.74 Å². The quantitative estimate of drug-likeness (QED) is 0.448. The fourth-order valence-corrected chi connectivity index (χ4v) is 1.84. The van der Waals surface area contributed by atoms with Gasteiger partial charge in [0.05, 0.1) is 20.6 Å². The van der Waals surface area contributed by atoms with Gasteiger partial charge in [0.1, 0.15) is 3.70 Å². The Morgan fingerprint density at radius 1 is 1.42 bits per heavy atom. The second-order valence-electron chi connectivity index (χ2n) is 3.24. The number of aromatic nitrogens is 1. The van der Waals surface area contributed by atoms with E-state index in [0.29, 0.717) is 3.70 Å². The van der Waals surface area contributed by atoms with E-state index in [2.05, 4.69) is 14.5 Å². The van der Waals surface area contributed by atoms with Gasteiger partial charge in [-0.1, -0.05) is 0 Å². The zero-order valence-electron chi connectivity index (χ0n) is 9.88. The summed E-state index contributed by atoms with van der Waals surface area (Å²) in [5.41, 5.74) is -0.0135. The number of ether oxygens (including phenoxy) is 3. The molecule has 1 heterocycles. The lowest BCUT2D eigenvalue weighted by atomic mass is 10.2. The molecule has 0 saturated carbocycles. The predicted octanol–water partition coefficient (Wildman–Crippen LogP) is 2.31. The lowest BCUT2D eigenvalue weighted by Gasteiger charge is -2.15. The number of hydrogen-bond acceptors (Lipinski definition) is 5. The van der Waals surface area contributed by atoms with Gasteiger partial charge >= 0.3 is 12.3 Å². The Morgan fingerprint density at radius 3 is 2.53 bits per heavy atom. The first-order chi connectivity index (χ1) is 8.76. The molecule has 0 N–H and O–H groups in total. The first-order valence-corrected chi connectivity index (χ1v) is 5.90. The predicted molar refractivity (Wildman–Crippen MR) is 65.9 cm³/mol. The van der Waals surface area contributed by atoms with Crippen molar-refractivity contribution in [3.05, 3.63) is 15.3 Å². The number of halogens is 4. The van der Waals surface area contributed by atoms with Gasteiger partial charge in [-0.15, -0.1) is 13.2 Å². The minimum absolute atomic E-state index is 0.0135. The molecule has 9 heteroatoms. The van der Waals surface area contributed by atoms with Crippen LogP contribution in [-0.4, -0.2) is 31.5 Å². The van der Waals surface area contributed by atoms with Crippen molar-refractivity contribution in [2.45, 2.75) is 12.8 Å². The highest BCUT2D eigenvalue weighted by Crippen LogP contribution is 2.35. The van der Waals surface area contributed by atoms with Crippen molar-refractivity contribution in [3.63, 3.8) is 0 Å². The van der Waals surface area contributed by atoms with Gasteiger partial charge < -0.3 is 14.2 Å². The number of methoxy groups -OCH3 is 2. The summed E-state index contributed by atoms with van der Waals surface area (Å²) >= 11 is 1.79. The smallest absolute Gasteiger partial charge is 0.478 e. The van der Waals surface area contributed by atoms with Crippen molar-refractivity contribution in [2.75, 3.05) is 14.2 Å². The lowest BCUT2D eigenvalue weighted by Crippen LogP contribution is -2.20. The summed E-state index contributed by atoms with van der Waals surface area (Å²) in [7, 11) is 2.29. The highest BCUT2D eigenvalue weighted by atomic mass is 127. The second kappa shape index (κ2) is 6.26. The number of carbonyl (C=O) groups excluding carboxylic acids is 1. The minimum Gasteiger partial charge on any atom is -0.478 e. The summed E-state index contributed by atoms with van der Waals surface area (Å²) in [4.78, 5) is 14.9. The third kappa shape index (κ3) is 4.73. The summed E-state index contributed by atoms with van der Waals surface area (Å²) < 4.78 is 50.4. The Kier molecular flexibility index (Phi) is 5.20. The molecule has 5 nitrogen and oxygen atoms in total. The zero-order chi connectivity index (χ0) is 14.6. The molecule has 1 aromatic rings. The van der Waals surface area contributed by atoms with Crippen LogP contribution < -0.4 is 9.47 Å². The average molecular weight is 391 g/mol. The van der Waals surface area contributed by atoms with Crippen molar-refractivity contribution in [3.8, 4) is 11.6 Å². The normalized spacial score (nSPS) is 11.1. The lowest BCUT2D eigenvalue weighted by molar-refractivity contribution is -0.275. The first-order valence-electron chi connectivity index (χ1n) is 4.82. The molecule has 0 aliphatic heterocycles. The number of carbonyl (C=O) groups is 1. The molecule has 0 aromatic carbocycles. The monoisotopic (exact) mass is 391 g/mol. The molecule has 0 radical (unpaired) electrons. The number of pyridine rings is 1. The van der Waals surface area contributed by atoms with Crippen molar-refractivity contribution in [1.29, 1.82) is 0 Å². The molecule has 1 rings (SSSR count). The van der Waals surface area contributed by atoms with E-state index in [1.807, 2.05) is 0 Å². The summed E-state index contributed by atoms with van der Waals surface area (Å²) in [6.07, 6.45) is -5.29. The maximum atomic E-state index is 12.3. The van der Waals surface area contributed by atoms with Crippen LogP contribution in [0.15, 0.2) is 6.07 Å². The van der Waals surface area contributed by atoms with E-state index in [9.17, 15) is 18.0 Å². The first kappa shape index (κ1) is 15.8. The second-order valence-corrected chi connectivity index (χ2v) is 4.35. The average Bonchev–Trinajstić information content (AvgIpc) is 2.30. The highest BCUT2D eigenvalue weighted by molar-refractivity contribution is 14.1. The third-order valence-corrected chi connectivity index (χ3v) is 2.51. The number of rotatable bonds is 4. The molecule has 106 valence electrons. The molecule has 0 atom stereocenters. The van der Waals surface area contributed by atoms with E-state index in [1.54, 1.807) is 22.6 Å². The molecule has 0 fully saturated rings. The van der Waals surface area contributed by atoms with Gasteiger partial charge in [0.15, 0.2) is 5.75 Å². The Hall–Kier alpha value is -1.26. The molecular formula is C10H9F3INO4. The van der Waals surface area contributed by atoms with Crippen molar-refractivity contribution in [2.24, 2.45) is 0 Å². The van der Waals surface area contributed by atoms with Crippen molar-refractivity contribution in [1.82, 2.24) is 4.98 Å². The topological polar surface area (TPSA) is 57.7 Å². The van der Waals surface area contributed by atoms with Gasteiger partial charge in [-0.2, -0.15) is 0 Å². The number of esters is 1. The summed E-state index contributed by atoms with van der Waals surface area (Å²) in [5, 5.41) is 0. The standard InChI is InChI=1S/C10H9F3INO4/c1-17-7(16)4-5-3-6(14)15-9(18-2)8(5)19-10(11,12)13/h3H,4H2,1-2H3. The van der Waals surface area contributed by atoms with Crippen LogP contribution in [0.4, 0.5) is 13.2 Å². The van der Waals surface area contributed by atoms with Gasteiger partial charge in [0.2, 0.25) is 0 Å². The molecule has 0 unspecified atom stereocenters. The Bertz CT molecular complexity index is 479. The van der Waals surface area contributed by atoms with Crippen LogP contribution in [-0.2, 0) is 16.0 Å². The largest absolute Gasteiger partial charge is 0.573 e. The minimum atomic E-state index is -4.91. The van der Waals surface area contributed by atoms with Crippen LogP contribution in [0.1, 0.15) is 5.56 Å². The van der Waals surface area contributed by atoms with Gasteiger partial charge in [-0.25, -0.2) is 4.98 Å². The molecule has 0 amide bonds. The molecule has 1 aromatic heterocycles. The Balaban J connectivity index is 3.25.